The number of aromatic nitrogens is 2. The number of nitrogen functional groups attached to an aromatic ring is 1. The Morgan fingerprint density at radius 3 is 2.70 bits per heavy atom. The van der Waals surface area contributed by atoms with Gasteiger partial charge in [0.15, 0.2) is 0 Å². The summed E-state index contributed by atoms with van der Waals surface area (Å²) in [6.45, 7) is 2.46. The van der Waals surface area contributed by atoms with Crippen LogP contribution in [0.2, 0.25) is 0 Å². The second-order valence-corrected chi connectivity index (χ2v) is 7.28. The zero-order chi connectivity index (χ0) is 19.0. The zero-order valence-electron chi connectivity index (χ0n) is 15.4. The van der Waals surface area contributed by atoms with E-state index in [0.29, 0.717) is 12.2 Å². The van der Waals surface area contributed by atoms with Crippen molar-refractivity contribution in [3.05, 3.63) is 46.8 Å². The van der Waals surface area contributed by atoms with E-state index in [-0.39, 0.29) is 30.2 Å². The first-order chi connectivity index (χ1) is 13.0. The van der Waals surface area contributed by atoms with Crippen molar-refractivity contribution < 1.29 is 9.59 Å². The van der Waals surface area contributed by atoms with Gasteiger partial charge in [0, 0.05) is 29.9 Å². The number of rotatable bonds is 3. The van der Waals surface area contributed by atoms with Gasteiger partial charge in [-0.1, -0.05) is 17.7 Å². The molecule has 1 fully saturated rings. The zero-order valence-corrected chi connectivity index (χ0v) is 15.4. The average Bonchev–Trinajstić information content (AvgIpc) is 3.01. The second-order valence-electron chi connectivity index (χ2n) is 7.28. The summed E-state index contributed by atoms with van der Waals surface area (Å²) in [4.78, 5) is 35.4. The van der Waals surface area contributed by atoms with Crippen molar-refractivity contribution in [2.24, 2.45) is 0 Å². The fourth-order valence-electron chi connectivity index (χ4n) is 3.83. The van der Waals surface area contributed by atoms with Gasteiger partial charge in [-0.15, -0.1) is 0 Å². The molecule has 2 aliphatic rings. The van der Waals surface area contributed by atoms with Gasteiger partial charge in [0.25, 0.3) is 5.91 Å². The van der Waals surface area contributed by atoms with Crippen LogP contribution in [0.1, 0.15) is 46.6 Å². The van der Waals surface area contributed by atoms with E-state index in [2.05, 4.69) is 15.3 Å². The molecule has 0 bridgehead atoms. The SMILES string of the molecule is Cc1ccc(N2C[C@H](NC(=O)c3nc(N)nc4c3CCCC4)CC2=O)cc1. The smallest absolute Gasteiger partial charge is 0.270 e. The first-order valence-electron chi connectivity index (χ1n) is 9.34. The second kappa shape index (κ2) is 6.98. The highest BCUT2D eigenvalue weighted by atomic mass is 16.2. The number of aryl methyl sites for hydroxylation is 2. The molecule has 0 spiro atoms. The minimum absolute atomic E-state index is 0.00776. The van der Waals surface area contributed by atoms with E-state index in [1.54, 1.807) is 4.90 Å². The minimum atomic E-state index is -0.272. The highest BCUT2D eigenvalue weighted by Crippen LogP contribution is 2.25. The maximum atomic E-state index is 12.8. The van der Waals surface area contributed by atoms with Crippen LogP contribution in [0.4, 0.5) is 11.6 Å². The predicted octanol–water partition coefficient (Wildman–Crippen LogP) is 1.78. The third-order valence-electron chi connectivity index (χ3n) is 5.22. The summed E-state index contributed by atoms with van der Waals surface area (Å²) in [6, 6.07) is 7.56. The predicted molar refractivity (Wildman–Crippen MR) is 102 cm³/mol. The lowest BCUT2D eigenvalue weighted by Crippen LogP contribution is -2.38. The highest BCUT2D eigenvalue weighted by Gasteiger charge is 2.33. The Morgan fingerprint density at radius 1 is 1.19 bits per heavy atom. The van der Waals surface area contributed by atoms with Crippen LogP contribution in [0, 0.1) is 6.92 Å². The molecule has 1 aliphatic carbocycles. The van der Waals surface area contributed by atoms with Crippen molar-refractivity contribution >= 4 is 23.5 Å². The molecule has 27 heavy (non-hydrogen) atoms. The highest BCUT2D eigenvalue weighted by molar-refractivity contribution is 5.99. The molecular formula is C20H23N5O2. The van der Waals surface area contributed by atoms with E-state index >= 15 is 0 Å². The van der Waals surface area contributed by atoms with Gasteiger partial charge in [-0.05, 0) is 44.7 Å². The van der Waals surface area contributed by atoms with Crippen LogP contribution in [0.5, 0.6) is 0 Å². The lowest BCUT2D eigenvalue weighted by atomic mass is 9.94. The summed E-state index contributed by atoms with van der Waals surface area (Å²) in [5.41, 5.74) is 9.92. The van der Waals surface area contributed by atoms with Crippen LogP contribution < -0.4 is 16.0 Å². The fraction of sp³-hybridized carbons (Fsp3) is 0.400. The molecule has 7 nitrogen and oxygen atoms in total. The molecule has 1 aromatic heterocycles. The molecule has 2 aromatic rings. The fourth-order valence-corrected chi connectivity index (χ4v) is 3.83. The monoisotopic (exact) mass is 365 g/mol. The number of fused-ring (bicyclic) bond motifs is 1. The van der Waals surface area contributed by atoms with Crippen LogP contribution in [0.3, 0.4) is 0 Å². The third-order valence-corrected chi connectivity index (χ3v) is 5.22. The first-order valence-corrected chi connectivity index (χ1v) is 9.34. The van der Waals surface area contributed by atoms with E-state index < -0.39 is 0 Å². The molecule has 140 valence electrons. The molecule has 1 saturated heterocycles. The minimum Gasteiger partial charge on any atom is -0.368 e. The maximum absolute atomic E-state index is 12.8. The van der Waals surface area contributed by atoms with Crippen molar-refractivity contribution in [2.45, 2.75) is 45.1 Å². The van der Waals surface area contributed by atoms with Crippen molar-refractivity contribution in [3.8, 4) is 0 Å². The number of nitrogens with two attached hydrogens (primary N) is 1. The summed E-state index contributed by atoms with van der Waals surface area (Å²) in [5, 5.41) is 2.97. The van der Waals surface area contributed by atoms with Gasteiger partial charge in [-0.2, -0.15) is 0 Å². The number of benzene rings is 1. The average molecular weight is 365 g/mol. The van der Waals surface area contributed by atoms with Gasteiger partial charge in [0.05, 0.1) is 6.04 Å². The third kappa shape index (κ3) is 3.49. The Labute approximate surface area is 158 Å². The molecule has 7 heteroatoms. The Morgan fingerprint density at radius 2 is 1.93 bits per heavy atom. The van der Waals surface area contributed by atoms with Crippen molar-refractivity contribution in [1.29, 1.82) is 0 Å². The first kappa shape index (κ1) is 17.5. The van der Waals surface area contributed by atoms with Crippen molar-refractivity contribution in [3.63, 3.8) is 0 Å². The Balaban J connectivity index is 1.50. The van der Waals surface area contributed by atoms with E-state index in [4.69, 9.17) is 5.73 Å². The summed E-state index contributed by atoms with van der Waals surface area (Å²) < 4.78 is 0. The summed E-state index contributed by atoms with van der Waals surface area (Å²) in [7, 11) is 0. The lowest BCUT2D eigenvalue weighted by molar-refractivity contribution is -0.117. The van der Waals surface area contributed by atoms with Gasteiger partial charge < -0.3 is 16.0 Å². The molecular weight excluding hydrogens is 342 g/mol. The van der Waals surface area contributed by atoms with Gasteiger partial charge in [-0.3, -0.25) is 9.59 Å². The van der Waals surface area contributed by atoms with Crippen LogP contribution in [0.25, 0.3) is 0 Å². The van der Waals surface area contributed by atoms with E-state index in [9.17, 15) is 9.59 Å². The molecule has 1 aromatic carbocycles. The van der Waals surface area contributed by atoms with Crippen LogP contribution in [0.15, 0.2) is 24.3 Å². The number of hydrogen-bond donors (Lipinski definition) is 2. The van der Waals surface area contributed by atoms with Crippen molar-refractivity contribution in [1.82, 2.24) is 15.3 Å². The topological polar surface area (TPSA) is 101 Å². The number of anilines is 2. The number of carbonyl (C=O) groups excluding carboxylic acids is 2. The molecule has 1 aliphatic heterocycles. The molecule has 1 atom stereocenters. The molecule has 0 radical (unpaired) electrons. The summed E-state index contributed by atoms with van der Waals surface area (Å²) >= 11 is 0. The lowest BCUT2D eigenvalue weighted by Gasteiger charge is -2.20. The van der Waals surface area contributed by atoms with Gasteiger partial charge >= 0.3 is 0 Å². The quantitative estimate of drug-likeness (QED) is 0.863. The molecule has 2 heterocycles. The van der Waals surface area contributed by atoms with Gasteiger partial charge in [0.1, 0.15) is 5.69 Å². The largest absolute Gasteiger partial charge is 0.368 e. The molecule has 2 amide bonds. The number of hydrogen-bond acceptors (Lipinski definition) is 5. The Hall–Kier alpha value is -2.96. The van der Waals surface area contributed by atoms with Gasteiger partial charge in [0.2, 0.25) is 11.9 Å². The Bertz CT molecular complexity index is 894. The van der Waals surface area contributed by atoms with E-state index in [0.717, 1.165) is 48.2 Å². The number of nitrogens with one attached hydrogen (secondary N) is 1. The summed E-state index contributed by atoms with van der Waals surface area (Å²) in [5.74, 6) is -0.135. The van der Waals surface area contributed by atoms with Crippen LogP contribution in [-0.2, 0) is 17.6 Å². The van der Waals surface area contributed by atoms with E-state index in [1.165, 1.54) is 0 Å². The molecule has 3 N–H and O–H groups in total. The standard InChI is InChI=1S/C20H23N5O2/c1-12-6-8-14(9-7-12)25-11-13(10-17(25)26)22-19(27)18-15-4-2-3-5-16(15)23-20(21)24-18/h6-9,13H,2-5,10-11H2,1H3,(H,22,27)(H2,21,23,24)/t13-/m1/s1. The number of amides is 2. The van der Waals surface area contributed by atoms with Gasteiger partial charge in [-0.25, -0.2) is 9.97 Å². The van der Waals surface area contributed by atoms with Crippen LogP contribution in [-0.4, -0.2) is 34.4 Å². The number of carbonyl (C=O) groups is 2. The summed E-state index contributed by atoms with van der Waals surface area (Å²) in [6.07, 6.45) is 3.96. The van der Waals surface area contributed by atoms with Crippen molar-refractivity contribution in [2.75, 3.05) is 17.2 Å². The van der Waals surface area contributed by atoms with Crippen LogP contribution >= 0.6 is 0 Å². The maximum Gasteiger partial charge on any atom is 0.270 e. The number of nitrogens with zero attached hydrogens (tertiary/aromatic N) is 3. The molecule has 0 unspecified atom stereocenters. The molecule has 0 saturated carbocycles. The normalized spacial score (nSPS) is 19.1. The Kier molecular flexibility index (Phi) is 4.51. The van der Waals surface area contributed by atoms with E-state index in [1.807, 2.05) is 31.2 Å². The molecule has 4 rings (SSSR count).